The number of aliphatic hydroxyl groups excluding tert-OH is 1. The number of halogens is 4. The van der Waals surface area contributed by atoms with Crippen molar-refractivity contribution in [1.82, 2.24) is 70.6 Å². The maximum absolute atomic E-state index is 14.0. The van der Waals surface area contributed by atoms with Gasteiger partial charge in [0, 0.05) is 120 Å². The Bertz CT molecular complexity index is 7290. The van der Waals surface area contributed by atoms with Gasteiger partial charge in [-0.15, -0.1) is 0 Å². The van der Waals surface area contributed by atoms with Gasteiger partial charge in [-0.3, -0.25) is 42.3 Å². The van der Waals surface area contributed by atoms with Crippen molar-refractivity contribution in [3.8, 4) is 28.7 Å². The highest BCUT2D eigenvalue weighted by atomic mass is 79.9. The molecule has 36 nitrogen and oxygen atoms in total. The summed E-state index contributed by atoms with van der Waals surface area (Å²) >= 11 is 3.19. The zero-order valence-electron chi connectivity index (χ0n) is 74.7. The Labute approximate surface area is 780 Å². The first-order valence-electron chi connectivity index (χ1n) is 41.2. The maximum Gasteiger partial charge on any atom is 0.258 e. The Morgan fingerprint density at radius 3 is 1.10 bits per heavy atom. The molecule has 3 aliphatic heterocycles. The number of carbonyl (C=O) groups excluding carboxylic acids is 3. The van der Waals surface area contributed by atoms with Gasteiger partial charge in [-0.2, -0.15) is 19.9 Å². The number of nitrogens with zero attached hydrogens (tertiary/aromatic N) is 16. The summed E-state index contributed by atoms with van der Waals surface area (Å²) in [6.07, 6.45) is 9.42. The molecule has 702 valence electrons. The molecule has 10 heterocycles. The number of pyridine rings is 3. The first-order chi connectivity index (χ1) is 64.3. The first kappa shape index (κ1) is 96.5. The van der Waals surface area contributed by atoms with E-state index in [0.717, 1.165) is 67.6 Å². The van der Waals surface area contributed by atoms with Crippen LogP contribution in [0.5, 0.6) is 28.7 Å². The molecule has 0 saturated carbocycles. The lowest BCUT2D eigenvalue weighted by molar-refractivity contribution is 0.0751. The number of sulfonamides is 3. The van der Waals surface area contributed by atoms with Crippen LogP contribution in [0.3, 0.4) is 0 Å². The number of carbonyl (C=O) groups is 3. The number of ether oxygens (including phenoxy) is 4. The molecule has 8 aromatic carbocycles. The third-order valence-electron chi connectivity index (χ3n) is 21.7. The van der Waals surface area contributed by atoms with E-state index in [1.807, 2.05) is 60.7 Å². The van der Waals surface area contributed by atoms with Crippen LogP contribution in [0.4, 0.5) is 30.2 Å². The van der Waals surface area contributed by atoms with Gasteiger partial charge < -0.3 is 62.4 Å². The molecule has 0 atom stereocenters. The van der Waals surface area contributed by atoms with Crippen LogP contribution < -0.4 is 37.2 Å². The van der Waals surface area contributed by atoms with E-state index < -0.39 is 36.0 Å². The molecule has 0 saturated heterocycles. The lowest BCUT2D eigenvalue weighted by atomic mass is 9.98. The predicted molar refractivity (Wildman–Crippen MR) is 492 cm³/mol. The molecule has 7 aromatic heterocycles. The Kier molecular flexibility index (Phi) is 29.2. The summed E-state index contributed by atoms with van der Waals surface area (Å²) < 4.78 is 162. The van der Waals surface area contributed by atoms with Gasteiger partial charge in [0.05, 0.1) is 85.2 Å². The summed E-state index contributed by atoms with van der Waals surface area (Å²) in [7, 11) is -3.70. The van der Waals surface area contributed by atoms with Crippen molar-refractivity contribution in [1.29, 1.82) is 0 Å². The fraction of sp³-hybridized carbons (Fsp3) is 0.261. The number of fused-ring (bicyclic) bond motifs is 6. The van der Waals surface area contributed by atoms with Crippen LogP contribution in [0.15, 0.2) is 176 Å². The number of nitrogens with one attached hydrogen (secondary N) is 1. The third-order valence-corrected chi connectivity index (χ3v) is 25.8. The van der Waals surface area contributed by atoms with Crippen molar-refractivity contribution < 1.29 is 100 Å². The summed E-state index contributed by atoms with van der Waals surface area (Å²) in [5, 5.41) is 39.1. The summed E-state index contributed by atoms with van der Waals surface area (Å²) in [5.41, 5.74) is 10.2. The SMILES string of the molecule is COc1ccc(COc2c3c(c(N(C)S(C)(=O)=O)c4cc(Cc5ccc(F)cc5)cnc24)CN(Cc2noc(C)n2)C3=O)cc1.COc1ccc(COc2c3c(c(N(C)S(C)(=O)=O)c4cc(Cc5ccc(F)cc5)cnc24)CNC3=O)cc1.Cc1nc(CBr)no1.Cc1nc(CN2Cc3c(c(O)c4ncc(Cc5ccc(F)cc5)cc4c3N(C)S(C)(=O)=O)C2=O)no1.Cc1nc(CO)no1. The van der Waals surface area contributed by atoms with E-state index in [2.05, 4.69) is 80.8 Å². The number of alkyl halides is 1. The fourth-order valence-corrected chi connectivity index (χ4v) is 17.0. The van der Waals surface area contributed by atoms with Crippen molar-refractivity contribution in [3.63, 3.8) is 0 Å². The van der Waals surface area contributed by atoms with Crippen LogP contribution in [0.1, 0.15) is 139 Å². The van der Waals surface area contributed by atoms with E-state index in [1.54, 1.807) is 103 Å². The summed E-state index contributed by atoms with van der Waals surface area (Å²) in [6.45, 7) is 7.17. The summed E-state index contributed by atoms with van der Waals surface area (Å²) in [6, 6.07) is 38.5. The van der Waals surface area contributed by atoms with E-state index in [1.165, 1.54) is 76.0 Å². The number of methoxy groups -OCH3 is 2. The number of phenolic OH excluding ortho intramolecular Hbond substituents is 1. The lowest BCUT2D eigenvalue weighted by Gasteiger charge is -2.24. The minimum Gasteiger partial charge on any atom is -0.505 e. The molecule has 3 aliphatic rings. The second-order valence-electron chi connectivity index (χ2n) is 31.4. The normalized spacial score (nSPS) is 12.6. The second-order valence-corrected chi connectivity index (χ2v) is 38.0. The number of phenols is 1. The second kappa shape index (κ2) is 40.9. The highest BCUT2D eigenvalue weighted by Crippen LogP contribution is 2.49. The zero-order chi connectivity index (χ0) is 96.6. The molecule has 0 unspecified atom stereocenters. The van der Waals surface area contributed by atoms with Crippen molar-refractivity contribution in [2.75, 3.05) is 67.0 Å². The van der Waals surface area contributed by atoms with Crippen molar-refractivity contribution >= 4 is 113 Å². The standard InChI is InChI=1S/C32H30FN5O6S.C28H26FN3O5S.C24H22FN5O5S.C4H5BrN2O.C4H6N2O2/c1-19-35-27(36-44-19)17-38-16-26-28(32(38)39)31(43-18-21-7-11-24(42-3)12-8-21)29-25(30(26)37(2)45(4,40)41)14-22(15-34-29)13-20-5-9-23(33)10-6-20;1-32(38(3,34)35)26-22-13-19(12-17-4-8-20(29)9-5-17)14-30-25(22)27(24-23(26)15-31-28(24)33)37-16-18-6-10-21(36-2)11-7-18;1-13-27-19(28-35-13)12-30-11-18-20(24(30)32)23(31)21-17(22(18)29(2)36(3,33)34)9-15(10-26-21)8-14-4-6-16(25)7-5-14;1-3-6-4(2-5)7-8-3;1-3-5-4(2-7)6-8-3/h5-12,14-15H,13,16-18H2,1-4H3;4-11,13-14H,12,15-16H2,1-3H3,(H,31,33);4-7,9-10,31H,8,11-12H2,1-3H3;2H2,1H3;7H,2H2,1H3. The van der Waals surface area contributed by atoms with Crippen molar-refractivity contribution in [2.45, 2.75) is 105 Å². The Hall–Kier alpha value is -14.6. The van der Waals surface area contributed by atoms with Crippen LogP contribution in [-0.2, 0) is 107 Å². The number of rotatable bonds is 26. The van der Waals surface area contributed by atoms with E-state index in [4.69, 9.17) is 38.1 Å². The molecule has 3 N–H and O–H groups in total. The number of aliphatic hydroxyl groups is 1. The van der Waals surface area contributed by atoms with Crippen LogP contribution in [0, 0.1) is 45.1 Å². The van der Waals surface area contributed by atoms with Crippen LogP contribution in [-0.4, -0.2) is 173 Å². The van der Waals surface area contributed by atoms with Gasteiger partial charge >= 0.3 is 0 Å². The molecule has 0 spiro atoms. The van der Waals surface area contributed by atoms with Crippen molar-refractivity contribution in [2.24, 2.45) is 0 Å². The molecule has 135 heavy (non-hydrogen) atoms. The van der Waals surface area contributed by atoms with E-state index >= 15 is 0 Å². The van der Waals surface area contributed by atoms with E-state index in [0.29, 0.717) is 138 Å². The molecule has 0 aliphatic carbocycles. The van der Waals surface area contributed by atoms with Gasteiger partial charge in [-0.05, 0) is 143 Å². The van der Waals surface area contributed by atoms with Gasteiger partial charge in [0.15, 0.2) is 40.5 Å². The number of benzene rings is 8. The smallest absolute Gasteiger partial charge is 0.258 e. The number of aryl methyl sites for hydroxylation is 4. The fourth-order valence-electron chi connectivity index (χ4n) is 15.1. The van der Waals surface area contributed by atoms with Gasteiger partial charge in [0.1, 0.15) is 65.3 Å². The Morgan fingerprint density at radius 2 is 0.770 bits per heavy atom. The minimum absolute atomic E-state index is 0.00741. The van der Waals surface area contributed by atoms with Crippen molar-refractivity contribution in [3.05, 3.63) is 300 Å². The average molecular weight is 1970 g/mol. The molecule has 0 radical (unpaired) electrons. The van der Waals surface area contributed by atoms with Gasteiger partial charge in [-0.1, -0.05) is 97.2 Å². The molecular formula is C92H89BrF3N17O19S3. The largest absolute Gasteiger partial charge is 0.505 e. The number of hydrogen-bond acceptors (Lipinski definition) is 30. The molecule has 0 fully saturated rings. The molecular weight excluding hydrogens is 1880 g/mol. The summed E-state index contributed by atoms with van der Waals surface area (Å²) in [4.78, 5) is 73.0. The monoisotopic (exact) mass is 1970 g/mol. The van der Waals surface area contributed by atoms with Gasteiger partial charge in [0.2, 0.25) is 53.6 Å². The third kappa shape index (κ3) is 22.4. The lowest BCUT2D eigenvalue weighted by Crippen LogP contribution is -2.27. The molecule has 0 bridgehead atoms. The van der Waals surface area contributed by atoms with E-state index in [9.17, 15) is 57.9 Å². The Balaban J connectivity index is 0.000000150. The number of aromatic hydroxyl groups is 1. The number of aromatic nitrogens is 11. The average Bonchev–Trinajstić information content (AvgIpc) is 1.58. The van der Waals surface area contributed by atoms with E-state index in [-0.39, 0.29) is 127 Å². The van der Waals surface area contributed by atoms with Gasteiger partial charge in [0.25, 0.3) is 17.7 Å². The zero-order valence-corrected chi connectivity index (χ0v) is 78.8. The van der Waals surface area contributed by atoms with Gasteiger partial charge in [-0.25, -0.2) is 38.4 Å². The summed E-state index contributed by atoms with van der Waals surface area (Å²) in [5.74, 6) is 2.81. The van der Waals surface area contributed by atoms with Crippen LogP contribution >= 0.6 is 15.9 Å². The topological polar surface area (TPSA) is 454 Å². The number of amides is 3. The minimum atomic E-state index is -3.77. The predicted octanol–water partition coefficient (Wildman–Crippen LogP) is 13.0. The molecule has 43 heteroatoms. The highest BCUT2D eigenvalue weighted by molar-refractivity contribution is 9.08. The maximum atomic E-state index is 14.0. The van der Waals surface area contributed by atoms with Crippen LogP contribution in [0.25, 0.3) is 32.7 Å². The first-order valence-corrected chi connectivity index (χ1v) is 47.9. The number of anilines is 3. The number of hydrogen-bond donors (Lipinski definition) is 3. The Morgan fingerprint density at radius 1 is 0.444 bits per heavy atom. The van der Waals surface area contributed by atoms with Crippen LogP contribution in [0.2, 0.25) is 0 Å². The quantitative estimate of drug-likeness (QED) is 0.0424. The molecule has 15 aromatic rings. The highest BCUT2D eigenvalue weighted by Gasteiger charge is 2.41. The molecule has 3 amide bonds. The molecule has 18 rings (SSSR count).